The maximum Gasteiger partial charge on any atom is 0.258 e. The standard InChI is InChI=1S/C13H8ClF2N3O2/c14-8-1-2-18-5-7(8)13(21)19-11-3-6(12(17)20)9(15)4-10(11)16/h1-5H,(H2,17,20)(H,19,21). The van der Waals surface area contributed by atoms with Crippen molar-refractivity contribution in [3.63, 3.8) is 0 Å². The number of carbonyl (C=O) groups is 2. The molecule has 2 aromatic rings. The van der Waals surface area contributed by atoms with Gasteiger partial charge in [-0.3, -0.25) is 14.6 Å². The van der Waals surface area contributed by atoms with Gasteiger partial charge in [0, 0.05) is 18.5 Å². The second kappa shape index (κ2) is 5.84. The number of nitrogens with two attached hydrogens (primary N) is 1. The van der Waals surface area contributed by atoms with Gasteiger partial charge >= 0.3 is 0 Å². The number of nitrogens with zero attached hydrogens (tertiary/aromatic N) is 1. The van der Waals surface area contributed by atoms with E-state index in [-0.39, 0.29) is 10.6 Å². The Bertz CT molecular complexity index is 737. The van der Waals surface area contributed by atoms with Gasteiger partial charge in [0.05, 0.1) is 21.8 Å². The molecule has 0 spiro atoms. The smallest absolute Gasteiger partial charge is 0.258 e. The van der Waals surface area contributed by atoms with Crippen LogP contribution in [-0.2, 0) is 0 Å². The van der Waals surface area contributed by atoms with Crippen molar-refractivity contribution < 1.29 is 18.4 Å². The second-order valence-electron chi connectivity index (χ2n) is 3.99. The Hall–Kier alpha value is -2.54. The molecule has 0 fully saturated rings. The zero-order chi connectivity index (χ0) is 15.6. The van der Waals surface area contributed by atoms with E-state index in [4.69, 9.17) is 17.3 Å². The highest BCUT2D eigenvalue weighted by atomic mass is 35.5. The van der Waals surface area contributed by atoms with E-state index >= 15 is 0 Å². The van der Waals surface area contributed by atoms with E-state index in [9.17, 15) is 18.4 Å². The summed E-state index contributed by atoms with van der Waals surface area (Å²) in [5, 5.41) is 2.29. The van der Waals surface area contributed by atoms with Crippen LogP contribution >= 0.6 is 11.6 Å². The minimum Gasteiger partial charge on any atom is -0.366 e. The van der Waals surface area contributed by atoms with Crippen molar-refractivity contribution in [3.8, 4) is 0 Å². The molecule has 1 aromatic carbocycles. The molecule has 2 rings (SSSR count). The van der Waals surface area contributed by atoms with Crippen LogP contribution in [0.3, 0.4) is 0 Å². The van der Waals surface area contributed by atoms with Gasteiger partial charge in [-0.25, -0.2) is 8.78 Å². The molecule has 2 amide bonds. The highest BCUT2D eigenvalue weighted by Gasteiger charge is 2.17. The first-order valence-electron chi connectivity index (χ1n) is 5.60. The van der Waals surface area contributed by atoms with Crippen molar-refractivity contribution in [2.45, 2.75) is 0 Å². The summed E-state index contributed by atoms with van der Waals surface area (Å²) < 4.78 is 26.9. The van der Waals surface area contributed by atoms with Gasteiger partial charge < -0.3 is 11.1 Å². The zero-order valence-corrected chi connectivity index (χ0v) is 11.1. The van der Waals surface area contributed by atoms with Crippen molar-refractivity contribution >= 4 is 29.1 Å². The van der Waals surface area contributed by atoms with Gasteiger partial charge in [0.25, 0.3) is 11.8 Å². The molecule has 0 bridgehead atoms. The molecule has 1 heterocycles. The predicted molar refractivity (Wildman–Crippen MR) is 72.1 cm³/mol. The van der Waals surface area contributed by atoms with E-state index in [2.05, 4.69) is 10.3 Å². The van der Waals surface area contributed by atoms with Crippen LogP contribution < -0.4 is 11.1 Å². The van der Waals surface area contributed by atoms with E-state index in [0.29, 0.717) is 6.07 Å². The summed E-state index contributed by atoms with van der Waals surface area (Å²) in [6.45, 7) is 0. The summed E-state index contributed by atoms with van der Waals surface area (Å²) in [7, 11) is 0. The Balaban J connectivity index is 2.36. The number of hydrogen-bond donors (Lipinski definition) is 2. The maximum atomic E-state index is 13.6. The Labute approximate surface area is 122 Å². The van der Waals surface area contributed by atoms with Gasteiger partial charge in [0.2, 0.25) is 0 Å². The molecule has 1 aromatic heterocycles. The first-order chi connectivity index (χ1) is 9.90. The Morgan fingerprint density at radius 1 is 1.19 bits per heavy atom. The van der Waals surface area contributed by atoms with Gasteiger partial charge in [-0.1, -0.05) is 11.6 Å². The van der Waals surface area contributed by atoms with Gasteiger partial charge in [-0.05, 0) is 12.1 Å². The van der Waals surface area contributed by atoms with Crippen LogP contribution in [0.1, 0.15) is 20.7 Å². The number of rotatable bonds is 3. The summed E-state index contributed by atoms with van der Waals surface area (Å²) >= 11 is 5.80. The molecule has 0 atom stereocenters. The molecule has 5 nitrogen and oxygen atoms in total. The molecule has 21 heavy (non-hydrogen) atoms. The average Bonchev–Trinajstić information content (AvgIpc) is 2.41. The largest absolute Gasteiger partial charge is 0.366 e. The highest BCUT2D eigenvalue weighted by Crippen LogP contribution is 2.21. The molecular weight excluding hydrogens is 304 g/mol. The summed E-state index contributed by atoms with van der Waals surface area (Å²) in [6.07, 6.45) is 2.57. The molecule has 0 saturated heterocycles. The van der Waals surface area contributed by atoms with Crippen molar-refractivity contribution in [1.29, 1.82) is 0 Å². The van der Waals surface area contributed by atoms with Crippen molar-refractivity contribution in [2.75, 3.05) is 5.32 Å². The lowest BCUT2D eigenvalue weighted by molar-refractivity contribution is 0.0992. The van der Waals surface area contributed by atoms with Gasteiger partial charge in [-0.15, -0.1) is 0 Å². The molecule has 0 radical (unpaired) electrons. The number of primary amides is 1. The fourth-order valence-corrected chi connectivity index (χ4v) is 1.76. The normalized spacial score (nSPS) is 10.2. The molecule has 108 valence electrons. The number of carbonyl (C=O) groups excluding carboxylic acids is 2. The Morgan fingerprint density at radius 2 is 1.90 bits per heavy atom. The van der Waals surface area contributed by atoms with Crippen LogP contribution in [0.2, 0.25) is 5.02 Å². The fraction of sp³-hybridized carbons (Fsp3) is 0. The maximum absolute atomic E-state index is 13.6. The van der Waals surface area contributed by atoms with Crippen LogP contribution in [0.4, 0.5) is 14.5 Å². The number of amides is 2. The summed E-state index contributed by atoms with van der Waals surface area (Å²) in [5.41, 5.74) is 4.03. The van der Waals surface area contributed by atoms with Gasteiger partial charge in [-0.2, -0.15) is 0 Å². The second-order valence-corrected chi connectivity index (χ2v) is 4.39. The number of halogens is 3. The first kappa shape index (κ1) is 14.9. The minimum atomic E-state index is -1.11. The molecule has 3 N–H and O–H groups in total. The van der Waals surface area contributed by atoms with Crippen LogP contribution in [-0.4, -0.2) is 16.8 Å². The summed E-state index contributed by atoms with van der Waals surface area (Å²) in [4.78, 5) is 26.7. The Kier molecular flexibility index (Phi) is 4.13. The van der Waals surface area contributed by atoms with Crippen molar-refractivity contribution in [1.82, 2.24) is 4.98 Å². The Morgan fingerprint density at radius 3 is 2.52 bits per heavy atom. The third-order valence-corrected chi connectivity index (χ3v) is 2.91. The van der Waals surface area contributed by atoms with Crippen LogP contribution in [0.5, 0.6) is 0 Å². The van der Waals surface area contributed by atoms with E-state index in [1.807, 2.05) is 0 Å². The SMILES string of the molecule is NC(=O)c1cc(NC(=O)c2cnccc2Cl)c(F)cc1F. The number of benzene rings is 1. The molecule has 0 aliphatic heterocycles. The van der Waals surface area contributed by atoms with Crippen LogP contribution in [0, 0.1) is 11.6 Å². The fourth-order valence-electron chi connectivity index (χ4n) is 1.57. The van der Waals surface area contributed by atoms with Crippen molar-refractivity contribution in [3.05, 3.63) is 58.4 Å². The number of hydrogen-bond acceptors (Lipinski definition) is 3. The van der Waals surface area contributed by atoms with E-state index in [0.717, 1.165) is 6.07 Å². The van der Waals surface area contributed by atoms with E-state index in [1.54, 1.807) is 0 Å². The molecule has 0 aliphatic rings. The van der Waals surface area contributed by atoms with E-state index < -0.39 is 34.7 Å². The van der Waals surface area contributed by atoms with Crippen LogP contribution in [0.15, 0.2) is 30.6 Å². The predicted octanol–water partition coefficient (Wildman–Crippen LogP) is 2.36. The summed E-state index contributed by atoms with van der Waals surface area (Å²) in [5.74, 6) is -4.00. The third kappa shape index (κ3) is 3.14. The lowest BCUT2D eigenvalue weighted by Crippen LogP contribution is -2.17. The minimum absolute atomic E-state index is 0.00326. The lowest BCUT2D eigenvalue weighted by atomic mass is 10.1. The highest BCUT2D eigenvalue weighted by molar-refractivity contribution is 6.34. The molecular formula is C13H8ClF2N3O2. The molecule has 0 aliphatic carbocycles. The van der Waals surface area contributed by atoms with E-state index in [1.165, 1.54) is 18.5 Å². The van der Waals surface area contributed by atoms with Crippen molar-refractivity contribution in [2.24, 2.45) is 5.73 Å². The summed E-state index contributed by atoms with van der Waals surface area (Å²) in [6, 6.07) is 2.65. The quantitative estimate of drug-likeness (QED) is 0.912. The average molecular weight is 312 g/mol. The van der Waals surface area contributed by atoms with Crippen LogP contribution in [0.25, 0.3) is 0 Å². The molecule has 0 unspecified atom stereocenters. The topological polar surface area (TPSA) is 85.1 Å². The number of pyridine rings is 1. The number of aromatic nitrogens is 1. The molecule has 0 saturated carbocycles. The molecule has 8 heteroatoms. The third-order valence-electron chi connectivity index (χ3n) is 2.58. The monoisotopic (exact) mass is 311 g/mol. The first-order valence-corrected chi connectivity index (χ1v) is 5.97. The number of anilines is 1. The number of nitrogens with one attached hydrogen (secondary N) is 1. The lowest BCUT2D eigenvalue weighted by Gasteiger charge is -2.09. The zero-order valence-electron chi connectivity index (χ0n) is 10.4. The van der Waals surface area contributed by atoms with Gasteiger partial charge in [0.1, 0.15) is 11.6 Å². The van der Waals surface area contributed by atoms with Gasteiger partial charge in [0.15, 0.2) is 0 Å².